The molecule has 0 unspecified atom stereocenters. The van der Waals surface area contributed by atoms with Crippen LogP contribution in [0, 0.1) is 5.82 Å². The van der Waals surface area contributed by atoms with Crippen LogP contribution in [0.1, 0.15) is 34.3 Å². The number of rotatable bonds is 7. The molecule has 42 heavy (non-hydrogen) atoms. The van der Waals surface area contributed by atoms with Crippen molar-refractivity contribution in [2.45, 2.75) is 31.6 Å². The molecule has 6 N–H and O–H groups in total. The summed E-state index contributed by atoms with van der Waals surface area (Å²) >= 11 is 0. The summed E-state index contributed by atoms with van der Waals surface area (Å²) in [5.41, 5.74) is 13.2. The van der Waals surface area contributed by atoms with E-state index >= 15 is 0 Å². The molecule has 13 heteroatoms. The number of halogens is 4. The molecular weight excluding hydrogens is 552 g/mol. The average molecular weight is 581 g/mol. The largest absolute Gasteiger partial charge is 0.417 e. The maximum atomic E-state index is 13.4. The Morgan fingerprint density at radius 2 is 1.79 bits per heavy atom. The molecule has 1 aliphatic rings. The van der Waals surface area contributed by atoms with Gasteiger partial charge in [-0.05, 0) is 48.7 Å². The van der Waals surface area contributed by atoms with Crippen molar-refractivity contribution in [2.75, 3.05) is 34.4 Å². The molecular formula is C29H28F4N8O. The van der Waals surface area contributed by atoms with Gasteiger partial charge in [0.15, 0.2) is 11.6 Å². The number of nitrogens with one attached hydrogen (secondary N) is 2. The SMILES string of the molecule is Nc1ncc(-c2ccc(CNc3ncc(C(F)(F)F)cc3C(=O)Nc3ccc(F)cc3)cc2)nc1N1CCC[C@H](N)C1. The third kappa shape index (κ3) is 6.74. The summed E-state index contributed by atoms with van der Waals surface area (Å²) in [6, 6.07) is 12.9. The van der Waals surface area contributed by atoms with E-state index in [2.05, 4.69) is 20.6 Å². The van der Waals surface area contributed by atoms with E-state index in [4.69, 9.17) is 16.5 Å². The lowest BCUT2D eigenvalue weighted by atomic mass is 10.1. The van der Waals surface area contributed by atoms with Crippen molar-refractivity contribution in [3.8, 4) is 11.3 Å². The van der Waals surface area contributed by atoms with Gasteiger partial charge in [-0.1, -0.05) is 24.3 Å². The molecule has 1 fully saturated rings. The number of piperidine rings is 1. The number of pyridine rings is 1. The predicted octanol–water partition coefficient (Wildman–Crippen LogP) is 5.07. The number of carbonyl (C=O) groups is 1. The van der Waals surface area contributed by atoms with Crippen LogP contribution >= 0.6 is 0 Å². The fraction of sp³-hybridized carbons (Fsp3) is 0.241. The molecule has 0 aliphatic carbocycles. The average Bonchev–Trinajstić information content (AvgIpc) is 2.97. The summed E-state index contributed by atoms with van der Waals surface area (Å²) in [7, 11) is 0. The second kappa shape index (κ2) is 12.0. The van der Waals surface area contributed by atoms with Crippen LogP contribution < -0.4 is 27.0 Å². The van der Waals surface area contributed by atoms with Crippen molar-refractivity contribution in [3.63, 3.8) is 0 Å². The summed E-state index contributed by atoms with van der Waals surface area (Å²) in [6.45, 7) is 1.61. The van der Waals surface area contributed by atoms with Crippen LogP contribution in [0.5, 0.6) is 0 Å². The molecule has 4 aromatic rings. The van der Waals surface area contributed by atoms with Gasteiger partial charge in [0.2, 0.25) is 0 Å². The second-order valence-corrected chi connectivity index (χ2v) is 9.94. The number of benzene rings is 2. The summed E-state index contributed by atoms with van der Waals surface area (Å²) in [5, 5.41) is 5.42. The number of hydrogen-bond donors (Lipinski definition) is 4. The molecule has 0 radical (unpaired) electrons. The minimum atomic E-state index is -4.70. The summed E-state index contributed by atoms with van der Waals surface area (Å²) < 4.78 is 53.3. The van der Waals surface area contributed by atoms with Crippen LogP contribution in [0.2, 0.25) is 0 Å². The third-order valence-corrected chi connectivity index (χ3v) is 6.81. The van der Waals surface area contributed by atoms with Crippen molar-refractivity contribution in [3.05, 3.63) is 89.5 Å². The highest BCUT2D eigenvalue weighted by atomic mass is 19.4. The van der Waals surface area contributed by atoms with Crippen LogP contribution in [0.3, 0.4) is 0 Å². The van der Waals surface area contributed by atoms with Crippen molar-refractivity contribution >= 4 is 29.0 Å². The molecule has 1 aliphatic heterocycles. The monoisotopic (exact) mass is 580 g/mol. The van der Waals surface area contributed by atoms with E-state index in [0.29, 0.717) is 30.1 Å². The first-order valence-electron chi connectivity index (χ1n) is 13.2. The standard InChI is InChI=1S/C29H28F4N8O/c30-20-7-9-22(10-8-20)39-28(42)23-12-19(29(31,32)33)14-38-26(23)37-13-17-3-5-18(6-4-17)24-15-36-25(35)27(40-24)41-11-1-2-21(34)16-41/h3-10,12,14-15,21H,1-2,11,13,16,34H2,(H2,35,36)(H,37,38)(H,39,42)/t21-/m0/s1. The van der Waals surface area contributed by atoms with Crippen LogP contribution in [-0.4, -0.2) is 40.0 Å². The Balaban J connectivity index is 1.32. The Bertz CT molecular complexity index is 1560. The van der Waals surface area contributed by atoms with E-state index in [9.17, 15) is 22.4 Å². The highest BCUT2D eigenvalue weighted by molar-refractivity contribution is 6.07. The maximum absolute atomic E-state index is 13.4. The van der Waals surface area contributed by atoms with E-state index in [1.807, 2.05) is 29.2 Å². The number of nitrogen functional groups attached to an aromatic ring is 1. The normalized spacial score (nSPS) is 15.4. The van der Waals surface area contributed by atoms with Gasteiger partial charge in [0.25, 0.3) is 5.91 Å². The smallest absolute Gasteiger partial charge is 0.381 e. The summed E-state index contributed by atoms with van der Waals surface area (Å²) in [6.07, 6.45) is -0.559. The van der Waals surface area contributed by atoms with Crippen molar-refractivity contribution in [1.29, 1.82) is 0 Å². The first kappa shape index (κ1) is 28.7. The first-order chi connectivity index (χ1) is 20.1. The van der Waals surface area contributed by atoms with Gasteiger partial charge < -0.3 is 27.0 Å². The Morgan fingerprint density at radius 3 is 2.48 bits per heavy atom. The highest BCUT2D eigenvalue weighted by Crippen LogP contribution is 2.31. The van der Waals surface area contributed by atoms with Crippen molar-refractivity contribution in [1.82, 2.24) is 15.0 Å². The van der Waals surface area contributed by atoms with Crippen LogP contribution in [0.15, 0.2) is 67.0 Å². The number of anilines is 4. The van der Waals surface area contributed by atoms with Gasteiger partial charge in [-0.15, -0.1) is 0 Å². The van der Waals surface area contributed by atoms with E-state index in [1.165, 1.54) is 12.1 Å². The van der Waals surface area contributed by atoms with Crippen molar-refractivity contribution < 1.29 is 22.4 Å². The number of nitrogens with zero attached hydrogens (tertiary/aromatic N) is 4. The van der Waals surface area contributed by atoms with Crippen LogP contribution in [-0.2, 0) is 12.7 Å². The lowest BCUT2D eigenvalue weighted by Gasteiger charge is -2.32. The number of hydrogen-bond acceptors (Lipinski definition) is 8. The van der Waals surface area contributed by atoms with E-state index in [1.54, 1.807) is 6.20 Å². The molecule has 2 aromatic carbocycles. The number of amides is 1. The number of nitrogens with two attached hydrogens (primary N) is 2. The quantitative estimate of drug-likeness (QED) is 0.223. The third-order valence-electron chi connectivity index (χ3n) is 6.81. The molecule has 9 nitrogen and oxygen atoms in total. The molecule has 5 rings (SSSR count). The molecule has 0 spiro atoms. The minimum absolute atomic E-state index is 0.0412. The number of aromatic nitrogens is 3. The summed E-state index contributed by atoms with van der Waals surface area (Å²) in [5.74, 6) is -0.464. The molecule has 0 bridgehead atoms. The second-order valence-electron chi connectivity index (χ2n) is 9.94. The van der Waals surface area contributed by atoms with Gasteiger partial charge in [-0.3, -0.25) is 4.79 Å². The fourth-order valence-electron chi connectivity index (χ4n) is 4.61. The topological polar surface area (TPSA) is 135 Å². The van der Waals surface area contributed by atoms with E-state index in [0.717, 1.165) is 48.7 Å². The summed E-state index contributed by atoms with van der Waals surface area (Å²) in [4.78, 5) is 27.9. The number of carbonyl (C=O) groups excluding carboxylic acids is 1. The lowest BCUT2D eigenvalue weighted by molar-refractivity contribution is -0.137. The van der Waals surface area contributed by atoms with Crippen LogP contribution in [0.4, 0.5) is 40.7 Å². The Labute approximate surface area is 239 Å². The van der Waals surface area contributed by atoms with Gasteiger partial charge in [0, 0.05) is 43.1 Å². The maximum Gasteiger partial charge on any atom is 0.417 e. The minimum Gasteiger partial charge on any atom is -0.381 e. The van der Waals surface area contributed by atoms with Gasteiger partial charge in [-0.25, -0.2) is 19.3 Å². The first-order valence-corrected chi connectivity index (χ1v) is 13.2. The predicted molar refractivity (Wildman–Crippen MR) is 152 cm³/mol. The molecule has 2 aromatic heterocycles. The van der Waals surface area contributed by atoms with Gasteiger partial charge >= 0.3 is 6.18 Å². The fourth-order valence-corrected chi connectivity index (χ4v) is 4.61. The Hall–Kier alpha value is -4.78. The van der Waals surface area contributed by atoms with Gasteiger partial charge in [-0.2, -0.15) is 13.2 Å². The Morgan fingerprint density at radius 1 is 1.05 bits per heavy atom. The molecule has 218 valence electrons. The molecule has 1 atom stereocenters. The Kier molecular flexibility index (Phi) is 8.20. The number of alkyl halides is 3. The van der Waals surface area contributed by atoms with E-state index < -0.39 is 23.5 Å². The molecule has 3 heterocycles. The molecule has 1 saturated heterocycles. The van der Waals surface area contributed by atoms with E-state index in [-0.39, 0.29) is 29.7 Å². The zero-order valence-electron chi connectivity index (χ0n) is 22.3. The highest BCUT2D eigenvalue weighted by Gasteiger charge is 2.32. The zero-order valence-corrected chi connectivity index (χ0v) is 22.3. The van der Waals surface area contributed by atoms with Gasteiger partial charge in [0.05, 0.1) is 23.0 Å². The zero-order chi connectivity index (χ0) is 29.9. The molecule has 0 saturated carbocycles. The van der Waals surface area contributed by atoms with Gasteiger partial charge in [0.1, 0.15) is 11.6 Å². The molecule has 1 amide bonds. The van der Waals surface area contributed by atoms with Crippen LogP contribution in [0.25, 0.3) is 11.3 Å². The van der Waals surface area contributed by atoms with Crippen molar-refractivity contribution in [2.24, 2.45) is 5.73 Å². The lowest BCUT2D eigenvalue weighted by Crippen LogP contribution is -2.43.